The molecule has 0 N–H and O–H groups in total. The predicted molar refractivity (Wildman–Crippen MR) is 81.4 cm³/mol. The quantitative estimate of drug-likeness (QED) is 0.734. The third-order valence-corrected chi connectivity index (χ3v) is 4.07. The van der Waals surface area contributed by atoms with E-state index in [-0.39, 0.29) is 12.1 Å². The molecule has 3 aromatic rings. The molecule has 2 heterocycles. The first-order chi connectivity index (χ1) is 10.6. The monoisotopic (exact) mass is 336 g/mol. The second-order valence-corrected chi connectivity index (χ2v) is 6.11. The SMILES string of the molecule is O=c1c2cc(Cl)cc(Cl)c2ncn1Cc1nnc(C2CC2)o1. The van der Waals surface area contributed by atoms with Crippen molar-refractivity contribution in [3.63, 3.8) is 0 Å². The highest BCUT2D eigenvalue weighted by Crippen LogP contribution is 2.39. The Balaban J connectivity index is 1.74. The first-order valence-corrected chi connectivity index (χ1v) is 7.54. The van der Waals surface area contributed by atoms with Crippen molar-refractivity contribution in [2.24, 2.45) is 0 Å². The molecule has 0 amide bonds. The Labute approximate surface area is 134 Å². The van der Waals surface area contributed by atoms with Crippen molar-refractivity contribution in [3.05, 3.63) is 50.6 Å². The topological polar surface area (TPSA) is 73.8 Å². The maximum absolute atomic E-state index is 12.5. The minimum absolute atomic E-state index is 0.172. The zero-order valence-electron chi connectivity index (χ0n) is 11.3. The van der Waals surface area contributed by atoms with Crippen LogP contribution < -0.4 is 5.56 Å². The predicted octanol–water partition coefficient (Wildman–Crippen LogP) is 3.01. The minimum Gasteiger partial charge on any atom is -0.423 e. The summed E-state index contributed by atoms with van der Waals surface area (Å²) in [4.78, 5) is 16.7. The standard InChI is InChI=1S/C14H10Cl2N4O2/c15-8-3-9-12(10(16)4-8)17-6-20(14(9)21)5-11-18-19-13(22-11)7-1-2-7/h3-4,6-7H,1-2,5H2. The Morgan fingerprint density at radius 2 is 2.09 bits per heavy atom. The molecule has 8 heteroatoms. The summed E-state index contributed by atoms with van der Waals surface area (Å²) in [5.74, 6) is 1.41. The molecule has 1 aromatic carbocycles. The van der Waals surface area contributed by atoms with E-state index < -0.39 is 0 Å². The fraction of sp³-hybridized carbons (Fsp3) is 0.286. The van der Waals surface area contributed by atoms with Crippen molar-refractivity contribution < 1.29 is 4.42 Å². The van der Waals surface area contributed by atoms with E-state index >= 15 is 0 Å². The largest absolute Gasteiger partial charge is 0.423 e. The molecule has 1 aliphatic carbocycles. The lowest BCUT2D eigenvalue weighted by Gasteiger charge is -2.05. The zero-order valence-corrected chi connectivity index (χ0v) is 12.8. The van der Waals surface area contributed by atoms with Gasteiger partial charge in [-0.15, -0.1) is 10.2 Å². The van der Waals surface area contributed by atoms with Gasteiger partial charge in [-0.1, -0.05) is 23.2 Å². The summed E-state index contributed by atoms with van der Waals surface area (Å²) in [5, 5.41) is 9.07. The first kappa shape index (κ1) is 13.7. The maximum Gasteiger partial charge on any atom is 0.261 e. The highest BCUT2D eigenvalue weighted by atomic mass is 35.5. The van der Waals surface area contributed by atoms with Gasteiger partial charge in [-0.3, -0.25) is 9.36 Å². The van der Waals surface area contributed by atoms with Crippen LogP contribution in [0.1, 0.15) is 30.5 Å². The third-order valence-electron chi connectivity index (χ3n) is 3.56. The summed E-state index contributed by atoms with van der Waals surface area (Å²) in [6, 6.07) is 3.11. The average Bonchev–Trinajstić information content (AvgIpc) is 3.23. The van der Waals surface area contributed by atoms with Gasteiger partial charge in [0.25, 0.3) is 5.56 Å². The maximum atomic E-state index is 12.5. The number of aromatic nitrogens is 4. The molecule has 1 aliphatic rings. The van der Waals surface area contributed by atoms with Crippen molar-refractivity contribution in [2.45, 2.75) is 25.3 Å². The zero-order chi connectivity index (χ0) is 15.3. The summed E-state index contributed by atoms with van der Waals surface area (Å²) >= 11 is 12.0. The first-order valence-electron chi connectivity index (χ1n) is 6.78. The van der Waals surface area contributed by atoms with Gasteiger partial charge in [0.15, 0.2) is 0 Å². The average molecular weight is 337 g/mol. The molecule has 0 aliphatic heterocycles. The Morgan fingerprint density at radius 3 is 2.86 bits per heavy atom. The molecule has 0 unspecified atom stereocenters. The van der Waals surface area contributed by atoms with E-state index in [0.717, 1.165) is 12.8 Å². The van der Waals surface area contributed by atoms with Crippen LogP contribution in [0.4, 0.5) is 0 Å². The highest BCUT2D eigenvalue weighted by Gasteiger charge is 2.29. The molecule has 1 fully saturated rings. The van der Waals surface area contributed by atoms with Crippen molar-refractivity contribution in [1.29, 1.82) is 0 Å². The lowest BCUT2D eigenvalue weighted by Crippen LogP contribution is -2.21. The van der Waals surface area contributed by atoms with Crippen LogP contribution in [-0.2, 0) is 6.54 Å². The fourth-order valence-electron chi connectivity index (χ4n) is 2.28. The van der Waals surface area contributed by atoms with Gasteiger partial charge in [0.2, 0.25) is 11.8 Å². The Bertz CT molecular complexity index is 930. The van der Waals surface area contributed by atoms with Crippen LogP contribution in [0.2, 0.25) is 10.0 Å². The molecule has 1 saturated carbocycles. The van der Waals surface area contributed by atoms with E-state index in [4.69, 9.17) is 27.6 Å². The lowest BCUT2D eigenvalue weighted by atomic mass is 10.2. The van der Waals surface area contributed by atoms with Crippen LogP contribution >= 0.6 is 23.2 Å². The third kappa shape index (κ3) is 2.38. The van der Waals surface area contributed by atoms with Gasteiger partial charge in [-0.05, 0) is 25.0 Å². The molecular weight excluding hydrogens is 327 g/mol. The number of fused-ring (bicyclic) bond motifs is 1. The van der Waals surface area contributed by atoms with Gasteiger partial charge in [0.05, 0.1) is 22.3 Å². The van der Waals surface area contributed by atoms with Gasteiger partial charge in [0.1, 0.15) is 6.54 Å². The van der Waals surface area contributed by atoms with Gasteiger partial charge in [-0.25, -0.2) is 4.98 Å². The number of benzene rings is 1. The highest BCUT2D eigenvalue weighted by molar-refractivity contribution is 6.38. The molecular formula is C14H10Cl2N4O2. The van der Waals surface area contributed by atoms with E-state index in [1.54, 1.807) is 12.1 Å². The normalized spacial score (nSPS) is 14.6. The van der Waals surface area contributed by atoms with E-state index in [2.05, 4.69) is 15.2 Å². The number of nitrogens with zero attached hydrogens (tertiary/aromatic N) is 4. The number of rotatable bonds is 3. The van der Waals surface area contributed by atoms with Crippen LogP contribution in [0.3, 0.4) is 0 Å². The molecule has 22 heavy (non-hydrogen) atoms. The number of hydrogen-bond acceptors (Lipinski definition) is 5. The molecule has 0 bridgehead atoms. The molecule has 0 radical (unpaired) electrons. The minimum atomic E-state index is -0.249. The molecule has 2 aromatic heterocycles. The molecule has 112 valence electrons. The van der Waals surface area contributed by atoms with Crippen LogP contribution in [0.5, 0.6) is 0 Å². The number of halogens is 2. The van der Waals surface area contributed by atoms with Gasteiger partial charge < -0.3 is 4.42 Å². The van der Waals surface area contributed by atoms with Gasteiger partial charge in [0, 0.05) is 10.9 Å². The van der Waals surface area contributed by atoms with Gasteiger partial charge in [-0.2, -0.15) is 0 Å². The van der Waals surface area contributed by atoms with E-state index in [9.17, 15) is 4.79 Å². The van der Waals surface area contributed by atoms with Crippen molar-refractivity contribution in [1.82, 2.24) is 19.7 Å². The van der Waals surface area contributed by atoms with Crippen molar-refractivity contribution >= 4 is 34.1 Å². The Hall–Kier alpha value is -1.92. The Morgan fingerprint density at radius 1 is 1.27 bits per heavy atom. The van der Waals surface area contributed by atoms with Crippen LogP contribution in [-0.4, -0.2) is 19.7 Å². The molecule has 4 rings (SSSR count). The molecule has 6 nitrogen and oxygen atoms in total. The summed E-state index contributed by atoms with van der Waals surface area (Å²) in [7, 11) is 0. The molecule has 0 saturated heterocycles. The summed E-state index contributed by atoms with van der Waals surface area (Å²) in [5.41, 5.74) is 0.178. The van der Waals surface area contributed by atoms with Crippen LogP contribution in [0.25, 0.3) is 10.9 Å². The Kier molecular flexibility index (Phi) is 3.16. The summed E-state index contributed by atoms with van der Waals surface area (Å²) in [6.07, 6.45) is 3.58. The van der Waals surface area contributed by atoms with Crippen LogP contribution in [0, 0.1) is 0 Å². The number of hydrogen-bond donors (Lipinski definition) is 0. The van der Waals surface area contributed by atoms with Crippen molar-refractivity contribution in [2.75, 3.05) is 0 Å². The van der Waals surface area contributed by atoms with E-state index in [0.29, 0.717) is 38.6 Å². The summed E-state index contributed by atoms with van der Waals surface area (Å²) < 4.78 is 6.97. The molecule has 0 spiro atoms. The fourth-order valence-corrected chi connectivity index (χ4v) is 2.82. The van der Waals surface area contributed by atoms with Crippen LogP contribution in [0.15, 0.2) is 27.7 Å². The lowest BCUT2D eigenvalue weighted by molar-refractivity contribution is 0.436. The second kappa shape index (κ2) is 5.07. The second-order valence-electron chi connectivity index (χ2n) is 5.27. The van der Waals surface area contributed by atoms with Gasteiger partial charge >= 0.3 is 0 Å². The van der Waals surface area contributed by atoms with E-state index in [1.807, 2.05) is 0 Å². The van der Waals surface area contributed by atoms with Crippen molar-refractivity contribution in [3.8, 4) is 0 Å². The smallest absolute Gasteiger partial charge is 0.261 e. The summed E-state index contributed by atoms with van der Waals surface area (Å²) in [6.45, 7) is 0.172. The van der Waals surface area contributed by atoms with E-state index in [1.165, 1.54) is 10.9 Å². The molecule has 0 atom stereocenters.